The van der Waals surface area contributed by atoms with Crippen LogP contribution in [0.2, 0.25) is 0 Å². The summed E-state index contributed by atoms with van der Waals surface area (Å²) in [6, 6.07) is 10.2. The van der Waals surface area contributed by atoms with E-state index in [4.69, 9.17) is 4.74 Å². The van der Waals surface area contributed by atoms with Gasteiger partial charge in [0.2, 0.25) is 0 Å². The topological polar surface area (TPSA) is 29.5 Å². The Kier molecular flexibility index (Phi) is 4.11. The van der Waals surface area contributed by atoms with Crippen LogP contribution in [0.3, 0.4) is 0 Å². The van der Waals surface area contributed by atoms with E-state index in [9.17, 15) is 5.11 Å². The van der Waals surface area contributed by atoms with Crippen LogP contribution in [-0.4, -0.2) is 22.9 Å². The number of benzene rings is 1. The van der Waals surface area contributed by atoms with E-state index in [2.05, 4.69) is 12.1 Å². The van der Waals surface area contributed by atoms with Gasteiger partial charge >= 0.3 is 0 Å². The Balaban J connectivity index is 2.42. The molecule has 0 aromatic heterocycles. The summed E-state index contributed by atoms with van der Waals surface area (Å²) in [5.41, 5.74) is -0.0973. The molecule has 1 aromatic rings. The van der Waals surface area contributed by atoms with Crippen LogP contribution in [0.4, 0.5) is 0 Å². The second-order valence-electron chi connectivity index (χ2n) is 5.15. The van der Waals surface area contributed by atoms with E-state index < -0.39 is 11.2 Å². The van der Waals surface area contributed by atoms with Crippen LogP contribution in [0.15, 0.2) is 30.3 Å². The van der Waals surface area contributed by atoms with E-state index in [0.29, 0.717) is 6.61 Å². The molecule has 1 N–H and O–H groups in total. The van der Waals surface area contributed by atoms with Gasteiger partial charge in [0, 0.05) is 0 Å². The molecule has 1 rings (SSSR count). The SMILES string of the molecule is CC(C)(O)C(C)(C)OCCc1ccccc1. The highest BCUT2D eigenvalue weighted by Crippen LogP contribution is 2.24. The minimum Gasteiger partial charge on any atom is -0.387 e. The molecule has 0 aliphatic heterocycles. The molecule has 0 heterocycles. The van der Waals surface area contributed by atoms with Gasteiger partial charge in [-0.25, -0.2) is 0 Å². The van der Waals surface area contributed by atoms with Crippen molar-refractivity contribution < 1.29 is 9.84 Å². The van der Waals surface area contributed by atoms with Crippen LogP contribution in [0, 0.1) is 0 Å². The summed E-state index contributed by atoms with van der Waals surface area (Å²) in [6.45, 7) is 8.00. The number of hydrogen-bond acceptors (Lipinski definition) is 2. The van der Waals surface area contributed by atoms with E-state index in [-0.39, 0.29) is 0 Å². The van der Waals surface area contributed by atoms with Gasteiger partial charge in [0.05, 0.1) is 17.8 Å². The van der Waals surface area contributed by atoms with E-state index in [1.54, 1.807) is 13.8 Å². The van der Waals surface area contributed by atoms with E-state index in [1.807, 2.05) is 32.0 Å². The van der Waals surface area contributed by atoms with Crippen molar-refractivity contribution in [2.75, 3.05) is 6.61 Å². The molecule has 2 nitrogen and oxygen atoms in total. The van der Waals surface area contributed by atoms with E-state index >= 15 is 0 Å². The monoisotopic (exact) mass is 222 g/mol. The lowest BCUT2D eigenvalue weighted by atomic mass is 9.89. The Hall–Kier alpha value is -0.860. The van der Waals surface area contributed by atoms with Crippen LogP contribution in [0.25, 0.3) is 0 Å². The molecular formula is C14H22O2. The Morgan fingerprint density at radius 2 is 1.62 bits per heavy atom. The molecule has 0 radical (unpaired) electrons. The second kappa shape index (κ2) is 4.98. The molecular weight excluding hydrogens is 200 g/mol. The summed E-state index contributed by atoms with van der Waals surface area (Å²) < 4.78 is 5.75. The highest BCUT2D eigenvalue weighted by molar-refractivity contribution is 5.14. The quantitative estimate of drug-likeness (QED) is 0.830. The fourth-order valence-corrected chi connectivity index (χ4v) is 1.25. The Bertz CT molecular complexity index is 309. The molecule has 1 aromatic carbocycles. The van der Waals surface area contributed by atoms with Crippen molar-refractivity contribution in [3.05, 3.63) is 35.9 Å². The minimum atomic E-state index is -0.830. The molecule has 0 unspecified atom stereocenters. The predicted octanol–water partition coefficient (Wildman–Crippen LogP) is 2.80. The predicted molar refractivity (Wildman–Crippen MR) is 66.5 cm³/mol. The third kappa shape index (κ3) is 3.62. The standard InChI is InChI=1S/C14H22O2/c1-13(2,15)14(3,4)16-11-10-12-8-6-5-7-9-12/h5-9,15H,10-11H2,1-4H3. The summed E-state index contributed by atoms with van der Waals surface area (Å²) in [7, 11) is 0. The number of hydrogen-bond donors (Lipinski definition) is 1. The molecule has 0 spiro atoms. The minimum absolute atomic E-state index is 0.526. The van der Waals surface area contributed by atoms with Gasteiger partial charge in [0.1, 0.15) is 0 Å². The highest BCUT2D eigenvalue weighted by atomic mass is 16.5. The smallest absolute Gasteiger partial charge is 0.0906 e. The summed E-state index contributed by atoms with van der Waals surface area (Å²) >= 11 is 0. The first-order valence-electron chi connectivity index (χ1n) is 5.73. The van der Waals surface area contributed by atoms with Gasteiger partial charge in [-0.05, 0) is 39.7 Å². The maximum absolute atomic E-state index is 9.92. The van der Waals surface area contributed by atoms with Gasteiger partial charge in [-0.2, -0.15) is 0 Å². The normalized spacial score (nSPS) is 12.8. The second-order valence-corrected chi connectivity index (χ2v) is 5.15. The molecule has 2 heteroatoms. The van der Waals surface area contributed by atoms with Gasteiger partial charge in [0.25, 0.3) is 0 Å². The number of rotatable bonds is 5. The average Bonchev–Trinajstić information content (AvgIpc) is 2.17. The molecule has 0 amide bonds. The van der Waals surface area contributed by atoms with Crippen molar-refractivity contribution in [1.29, 1.82) is 0 Å². The van der Waals surface area contributed by atoms with E-state index in [1.165, 1.54) is 5.56 Å². The lowest BCUT2D eigenvalue weighted by Crippen LogP contribution is -2.47. The molecule has 0 atom stereocenters. The van der Waals surface area contributed by atoms with Gasteiger partial charge in [0.15, 0.2) is 0 Å². The largest absolute Gasteiger partial charge is 0.387 e. The molecule has 0 saturated heterocycles. The van der Waals surface area contributed by atoms with Crippen LogP contribution in [0.1, 0.15) is 33.3 Å². The summed E-state index contributed by atoms with van der Waals surface area (Å²) in [4.78, 5) is 0. The number of aliphatic hydroxyl groups is 1. The maximum Gasteiger partial charge on any atom is 0.0906 e. The molecule has 0 saturated carbocycles. The lowest BCUT2D eigenvalue weighted by molar-refractivity contribution is -0.146. The van der Waals surface area contributed by atoms with Gasteiger partial charge < -0.3 is 9.84 Å². The van der Waals surface area contributed by atoms with Crippen LogP contribution in [-0.2, 0) is 11.2 Å². The molecule has 0 aliphatic rings. The lowest BCUT2D eigenvalue weighted by Gasteiger charge is -2.37. The zero-order valence-corrected chi connectivity index (χ0v) is 10.7. The van der Waals surface area contributed by atoms with Gasteiger partial charge in [-0.15, -0.1) is 0 Å². The van der Waals surface area contributed by atoms with Crippen molar-refractivity contribution in [3.63, 3.8) is 0 Å². The zero-order chi connectivity index (χ0) is 12.2. The molecule has 0 bridgehead atoms. The molecule has 0 fully saturated rings. The first kappa shape index (κ1) is 13.2. The molecule has 16 heavy (non-hydrogen) atoms. The first-order chi connectivity index (χ1) is 7.33. The van der Waals surface area contributed by atoms with E-state index in [0.717, 1.165) is 6.42 Å². The molecule has 90 valence electrons. The Labute approximate surface area is 98.3 Å². The summed E-state index contributed by atoms with van der Waals surface area (Å²) in [5, 5.41) is 9.92. The fraction of sp³-hybridized carbons (Fsp3) is 0.571. The van der Waals surface area contributed by atoms with Crippen LogP contribution < -0.4 is 0 Å². The van der Waals surface area contributed by atoms with Crippen molar-refractivity contribution in [2.45, 2.75) is 45.3 Å². The van der Waals surface area contributed by atoms with Crippen molar-refractivity contribution in [2.24, 2.45) is 0 Å². The van der Waals surface area contributed by atoms with Gasteiger partial charge in [-0.1, -0.05) is 30.3 Å². The summed E-state index contributed by atoms with van der Waals surface area (Å²) in [6.07, 6.45) is 0.875. The third-order valence-corrected chi connectivity index (χ3v) is 3.17. The van der Waals surface area contributed by atoms with Crippen LogP contribution in [0.5, 0.6) is 0 Å². The first-order valence-corrected chi connectivity index (χ1v) is 5.73. The number of ether oxygens (including phenoxy) is 1. The zero-order valence-electron chi connectivity index (χ0n) is 10.7. The fourth-order valence-electron chi connectivity index (χ4n) is 1.25. The summed E-state index contributed by atoms with van der Waals surface area (Å²) in [5.74, 6) is 0. The average molecular weight is 222 g/mol. The third-order valence-electron chi connectivity index (χ3n) is 3.17. The van der Waals surface area contributed by atoms with Crippen molar-refractivity contribution in [3.8, 4) is 0 Å². The Morgan fingerprint density at radius 3 is 2.12 bits per heavy atom. The Morgan fingerprint density at radius 1 is 1.06 bits per heavy atom. The maximum atomic E-state index is 9.92. The van der Waals surface area contributed by atoms with Gasteiger partial charge in [-0.3, -0.25) is 0 Å². The van der Waals surface area contributed by atoms with Crippen molar-refractivity contribution >= 4 is 0 Å². The molecule has 0 aliphatic carbocycles. The highest BCUT2D eigenvalue weighted by Gasteiger charge is 2.35. The van der Waals surface area contributed by atoms with Crippen LogP contribution >= 0.6 is 0 Å². The van der Waals surface area contributed by atoms with Crippen molar-refractivity contribution in [1.82, 2.24) is 0 Å².